The first-order valence-corrected chi connectivity index (χ1v) is 10.9. The van der Waals surface area contributed by atoms with Gasteiger partial charge in [-0.15, -0.1) is 0 Å². The van der Waals surface area contributed by atoms with Crippen LogP contribution >= 0.6 is 0 Å². The second kappa shape index (κ2) is 8.38. The van der Waals surface area contributed by atoms with Crippen LogP contribution < -0.4 is 10.2 Å². The lowest BCUT2D eigenvalue weighted by Crippen LogP contribution is -2.43. The highest BCUT2D eigenvalue weighted by Crippen LogP contribution is 2.31. The molecule has 0 radical (unpaired) electrons. The zero-order chi connectivity index (χ0) is 21.2. The number of carbonyl (C=O) groups is 1. The van der Waals surface area contributed by atoms with E-state index in [0.717, 1.165) is 21.2 Å². The Kier molecular flexibility index (Phi) is 6.09. The third-order valence-corrected chi connectivity index (χ3v) is 6.87. The lowest BCUT2D eigenvalue weighted by molar-refractivity contribution is -0.141. The van der Waals surface area contributed by atoms with Crippen molar-refractivity contribution >= 4 is 27.4 Å². The highest BCUT2D eigenvalue weighted by Gasteiger charge is 2.33. The molecule has 1 aliphatic heterocycles. The van der Waals surface area contributed by atoms with Crippen LogP contribution in [0.2, 0.25) is 0 Å². The Labute approximate surface area is 171 Å². The van der Waals surface area contributed by atoms with E-state index in [0.29, 0.717) is 13.2 Å². The van der Waals surface area contributed by atoms with Gasteiger partial charge in [0.15, 0.2) is 0 Å². The average molecular weight is 419 g/mol. The third-order valence-electron chi connectivity index (χ3n) is 4.99. The minimum absolute atomic E-state index is 0.0586. The number of hydrogen-bond donors (Lipinski definition) is 2. The zero-order valence-electron chi connectivity index (χ0n) is 16.7. The summed E-state index contributed by atoms with van der Waals surface area (Å²) in [5.74, 6) is -1.08. The number of nitrogens with zero attached hydrogens (tertiary/aromatic N) is 3. The molecule has 3 rings (SSSR count). The van der Waals surface area contributed by atoms with Crippen molar-refractivity contribution in [1.82, 2.24) is 9.29 Å². The van der Waals surface area contributed by atoms with Crippen LogP contribution in [0.25, 0.3) is 0 Å². The van der Waals surface area contributed by atoms with Crippen LogP contribution in [0, 0.1) is 5.92 Å². The molecule has 2 N–H and O–H groups in total. The van der Waals surface area contributed by atoms with E-state index in [9.17, 15) is 18.3 Å². The fraction of sp³-hybridized carbons (Fsp3) is 0.400. The quantitative estimate of drug-likeness (QED) is 0.679. The van der Waals surface area contributed by atoms with E-state index in [1.807, 2.05) is 19.9 Å². The summed E-state index contributed by atoms with van der Waals surface area (Å²) in [6, 6.07) is 7.43. The Morgan fingerprint density at radius 2 is 1.97 bits per heavy atom. The molecule has 1 aromatic carbocycles. The van der Waals surface area contributed by atoms with Gasteiger partial charge in [-0.1, -0.05) is 26.0 Å². The predicted molar refractivity (Wildman–Crippen MR) is 111 cm³/mol. The molecule has 9 heteroatoms. The molecule has 0 bridgehead atoms. The smallest absolute Gasteiger partial charge is 0.322 e. The van der Waals surface area contributed by atoms with Crippen LogP contribution in [-0.2, 0) is 21.4 Å². The van der Waals surface area contributed by atoms with Crippen molar-refractivity contribution in [2.75, 3.05) is 23.9 Å². The van der Waals surface area contributed by atoms with Crippen molar-refractivity contribution in [3.8, 4) is 0 Å². The number of pyridine rings is 1. The summed E-state index contributed by atoms with van der Waals surface area (Å²) in [5.41, 5.74) is 2.97. The topological polar surface area (TPSA) is 103 Å². The van der Waals surface area contributed by atoms with Gasteiger partial charge in [-0.05, 0) is 36.1 Å². The predicted octanol–water partition coefficient (Wildman–Crippen LogP) is 2.59. The van der Waals surface area contributed by atoms with Gasteiger partial charge in [-0.25, -0.2) is 8.42 Å². The van der Waals surface area contributed by atoms with Gasteiger partial charge in [-0.3, -0.25) is 9.78 Å². The van der Waals surface area contributed by atoms with E-state index in [4.69, 9.17) is 0 Å². The number of sulfonamides is 1. The molecule has 1 aromatic heterocycles. The van der Waals surface area contributed by atoms with Crippen molar-refractivity contribution in [2.45, 2.75) is 37.8 Å². The molecular formula is C20H26N4O4S. The summed E-state index contributed by atoms with van der Waals surface area (Å²) in [6.07, 6.45) is 3.76. The van der Waals surface area contributed by atoms with Gasteiger partial charge >= 0.3 is 5.97 Å². The van der Waals surface area contributed by atoms with Crippen LogP contribution in [0.5, 0.6) is 0 Å². The van der Waals surface area contributed by atoms with Crippen LogP contribution in [-0.4, -0.2) is 48.5 Å². The molecule has 156 valence electrons. The summed E-state index contributed by atoms with van der Waals surface area (Å²) in [5, 5.41) is 12.7. The largest absolute Gasteiger partial charge is 0.480 e. The Morgan fingerprint density at radius 1 is 1.28 bits per heavy atom. The number of nitrogens with one attached hydrogen (secondary N) is 1. The van der Waals surface area contributed by atoms with Gasteiger partial charge in [0.25, 0.3) is 0 Å². The maximum absolute atomic E-state index is 12.9. The van der Waals surface area contributed by atoms with E-state index in [2.05, 4.69) is 15.2 Å². The lowest BCUT2D eigenvalue weighted by atomic mass is 10.0. The Bertz CT molecular complexity index is 976. The molecule has 8 nitrogen and oxygen atoms in total. The van der Waals surface area contributed by atoms with Crippen molar-refractivity contribution in [1.29, 1.82) is 0 Å². The minimum atomic E-state index is -3.90. The number of carboxylic acids is 1. The summed E-state index contributed by atoms with van der Waals surface area (Å²) in [7, 11) is -2.58. The van der Waals surface area contributed by atoms with E-state index in [1.54, 1.807) is 24.5 Å². The number of anilines is 2. The first-order valence-electron chi connectivity index (χ1n) is 9.42. The second-order valence-electron chi connectivity index (χ2n) is 7.57. The summed E-state index contributed by atoms with van der Waals surface area (Å²) in [6.45, 7) is 5.00. The number of likely N-dealkylation sites (N-methyl/N-ethyl adjacent to an activating group) is 1. The Balaban J connectivity index is 1.76. The molecular weight excluding hydrogens is 392 g/mol. The van der Waals surface area contributed by atoms with Crippen molar-refractivity contribution in [3.63, 3.8) is 0 Å². The van der Waals surface area contributed by atoms with Gasteiger partial charge < -0.3 is 15.3 Å². The molecule has 0 saturated carbocycles. The normalized spacial score (nSPS) is 14.7. The van der Waals surface area contributed by atoms with Gasteiger partial charge in [0.05, 0.1) is 29.1 Å². The minimum Gasteiger partial charge on any atom is -0.480 e. The lowest BCUT2D eigenvalue weighted by Gasteiger charge is -2.25. The number of hydrogen-bond acceptors (Lipinski definition) is 6. The van der Waals surface area contributed by atoms with E-state index in [1.165, 1.54) is 19.2 Å². The second-order valence-corrected chi connectivity index (χ2v) is 9.57. The van der Waals surface area contributed by atoms with E-state index >= 15 is 0 Å². The molecule has 29 heavy (non-hydrogen) atoms. The number of carboxylic acid groups (broad SMARTS) is 1. The Hall–Kier alpha value is -2.65. The number of aliphatic carboxylic acids is 1. The molecule has 0 amide bonds. The fourth-order valence-electron chi connectivity index (χ4n) is 3.38. The number of fused-ring (bicyclic) bond motifs is 1. The first kappa shape index (κ1) is 21.1. The number of benzene rings is 1. The average Bonchev–Trinajstić information content (AvgIpc) is 3.08. The maximum Gasteiger partial charge on any atom is 0.322 e. The number of aromatic nitrogens is 1. The molecule has 1 atom stereocenters. The van der Waals surface area contributed by atoms with Crippen LogP contribution in [0.3, 0.4) is 0 Å². The highest BCUT2D eigenvalue weighted by molar-refractivity contribution is 7.89. The molecule has 0 aliphatic carbocycles. The summed E-state index contributed by atoms with van der Waals surface area (Å²) >= 11 is 0. The van der Waals surface area contributed by atoms with Gasteiger partial charge in [0.1, 0.15) is 6.04 Å². The zero-order valence-corrected chi connectivity index (χ0v) is 17.6. The summed E-state index contributed by atoms with van der Waals surface area (Å²) in [4.78, 5) is 17.9. The fourth-order valence-corrected chi connectivity index (χ4v) is 4.70. The maximum atomic E-state index is 12.9. The van der Waals surface area contributed by atoms with Crippen molar-refractivity contribution in [2.24, 2.45) is 5.92 Å². The van der Waals surface area contributed by atoms with Gasteiger partial charge in [0, 0.05) is 19.8 Å². The Morgan fingerprint density at radius 3 is 2.59 bits per heavy atom. The van der Waals surface area contributed by atoms with Gasteiger partial charge in [0.2, 0.25) is 10.0 Å². The monoisotopic (exact) mass is 418 g/mol. The van der Waals surface area contributed by atoms with Crippen LogP contribution in [0.4, 0.5) is 11.4 Å². The molecule has 2 heterocycles. The van der Waals surface area contributed by atoms with Crippen molar-refractivity contribution in [3.05, 3.63) is 48.3 Å². The third kappa shape index (κ3) is 4.51. The van der Waals surface area contributed by atoms with Crippen LogP contribution in [0.1, 0.15) is 25.8 Å². The van der Waals surface area contributed by atoms with Crippen LogP contribution in [0.15, 0.2) is 47.6 Å². The molecule has 0 unspecified atom stereocenters. The molecule has 1 aliphatic rings. The summed E-state index contributed by atoms with van der Waals surface area (Å²) < 4.78 is 26.8. The standard InChI is InChI=1S/C20H26N4O4S/c1-14(2)10-19(20(25)26)23(3)29(27,28)16-6-4-15(5-7-16)12-24-13-22-17-11-21-9-8-18(17)24/h4-9,11,14,19,22H,10,12-13H2,1-3H3,(H,25,26)/t19-/m0/s1. The number of rotatable bonds is 8. The van der Waals surface area contributed by atoms with Gasteiger partial charge in [-0.2, -0.15) is 4.31 Å². The SMILES string of the molecule is CC(C)C[C@@H](C(=O)O)N(C)S(=O)(=O)c1ccc(CN2CNc3cnccc32)cc1. The molecule has 2 aromatic rings. The molecule has 0 fully saturated rings. The van der Waals surface area contributed by atoms with E-state index in [-0.39, 0.29) is 17.2 Å². The highest BCUT2D eigenvalue weighted by atomic mass is 32.2. The molecule has 0 spiro atoms. The molecule has 0 saturated heterocycles. The first-order chi connectivity index (χ1) is 13.7. The van der Waals surface area contributed by atoms with E-state index < -0.39 is 22.0 Å². The van der Waals surface area contributed by atoms with Crippen molar-refractivity contribution < 1.29 is 18.3 Å².